The standard InChI is InChI=1S/C14H18ClN3O/c15-13-7-11(8-16)3-4-14(13)17-9-12(19)10-18-5-1-2-6-18/h3-4,7,12,17,19H,1-2,5-6,9-10H2. The van der Waals surface area contributed by atoms with Crippen molar-refractivity contribution in [3.8, 4) is 6.07 Å². The Labute approximate surface area is 118 Å². The number of hydrogen-bond donors (Lipinski definition) is 2. The number of aliphatic hydroxyl groups is 1. The highest BCUT2D eigenvalue weighted by molar-refractivity contribution is 6.33. The van der Waals surface area contributed by atoms with Gasteiger partial charge in [0, 0.05) is 13.1 Å². The van der Waals surface area contributed by atoms with Gasteiger partial charge in [-0.2, -0.15) is 5.26 Å². The molecule has 19 heavy (non-hydrogen) atoms. The second-order valence-corrected chi connectivity index (χ2v) is 5.26. The highest BCUT2D eigenvalue weighted by Crippen LogP contribution is 2.22. The van der Waals surface area contributed by atoms with Gasteiger partial charge in [0.05, 0.1) is 28.4 Å². The third kappa shape index (κ3) is 4.10. The molecule has 1 saturated heterocycles. The lowest BCUT2D eigenvalue weighted by Gasteiger charge is -2.20. The van der Waals surface area contributed by atoms with E-state index in [-0.39, 0.29) is 0 Å². The molecule has 5 heteroatoms. The second-order valence-electron chi connectivity index (χ2n) is 4.85. The number of nitriles is 1. The molecule has 0 aromatic heterocycles. The number of nitrogens with one attached hydrogen (secondary N) is 1. The van der Waals surface area contributed by atoms with E-state index in [9.17, 15) is 5.11 Å². The lowest BCUT2D eigenvalue weighted by Crippen LogP contribution is -2.34. The van der Waals surface area contributed by atoms with Gasteiger partial charge in [-0.15, -0.1) is 0 Å². The summed E-state index contributed by atoms with van der Waals surface area (Å²) in [6.45, 7) is 3.31. The van der Waals surface area contributed by atoms with E-state index in [1.165, 1.54) is 12.8 Å². The molecule has 1 heterocycles. The summed E-state index contributed by atoms with van der Waals surface area (Å²) < 4.78 is 0. The van der Waals surface area contributed by atoms with Crippen LogP contribution in [0.25, 0.3) is 0 Å². The highest BCUT2D eigenvalue weighted by Gasteiger charge is 2.15. The predicted octanol–water partition coefficient (Wildman–Crippen LogP) is 2.08. The fourth-order valence-corrected chi connectivity index (χ4v) is 2.53. The third-order valence-electron chi connectivity index (χ3n) is 3.29. The summed E-state index contributed by atoms with van der Waals surface area (Å²) in [4.78, 5) is 2.27. The van der Waals surface area contributed by atoms with Gasteiger partial charge in [0.15, 0.2) is 0 Å². The van der Waals surface area contributed by atoms with E-state index < -0.39 is 6.10 Å². The largest absolute Gasteiger partial charge is 0.390 e. The number of β-amino-alcohol motifs (C(OH)–C–C–N with tert-alkyl or cyclic N) is 1. The van der Waals surface area contributed by atoms with Gasteiger partial charge >= 0.3 is 0 Å². The van der Waals surface area contributed by atoms with Crippen molar-refractivity contribution in [1.82, 2.24) is 4.90 Å². The van der Waals surface area contributed by atoms with E-state index in [1.54, 1.807) is 18.2 Å². The zero-order valence-corrected chi connectivity index (χ0v) is 11.5. The lowest BCUT2D eigenvalue weighted by atomic mass is 10.2. The van der Waals surface area contributed by atoms with Crippen LogP contribution in [0.2, 0.25) is 5.02 Å². The summed E-state index contributed by atoms with van der Waals surface area (Å²) in [5.41, 5.74) is 1.29. The normalized spacial score (nSPS) is 17.1. The minimum Gasteiger partial charge on any atom is -0.390 e. The summed E-state index contributed by atoms with van der Waals surface area (Å²) in [7, 11) is 0. The minimum atomic E-state index is -0.412. The van der Waals surface area contributed by atoms with Crippen molar-refractivity contribution in [2.24, 2.45) is 0 Å². The van der Waals surface area contributed by atoms with Crippen LogP contribution in [0, 0.1) is 11.3 Å². The van der Waals surface area contributed by atoms with Crippen LogP contribution in [-0.4, -0.2) is 42.3 Å². The summed E-state index contributed by atoms with van der Waals surface area (Å²) in [6.07, 6.45) is 2.04. The Bertz CT molecular complexity index is 466. The van der Waals surface area contributed by atoms with E-state index in [0.29, 0.717) is 23.7 Å². The molecule has 102 valence electrons. The molecule has 1 aromatic rings. The van der Waals surface area contributed by atoms with Crippen LogP contribution >= 0.6 is 11.6 Å². The van der Waals surface area contributed by atoms with E-state index in [4.69, 9.17) is 16.9 Å². The van der Waals surface area contributed by atoms with Crippen molar-refractivity contribution in [2.75, 3.05) is 31.5 Å². The Morgan fingerprint density at radius 2 is 2.16 bits per heavy atom. The first-order valence-electron chi connectivity index (χ1n) is 6.53. The fraction of sp³-hybridized carbons (Fsp3) is 0.500. The molecule has 1 fully saturated rings. The maximum absolute atomic E-state index is 9.96. The SMILES string of the molecule is N#Cc1ccc(NCC(O)CN2CCCC2)c(Cl)c1. The van der Waals surface area contributed by atoms with Crippen molar-refractivity contribution in [2.45, 2.75) is 18.9 Å². The molecule has 1 aromatic carbocycles. The molecule has 1 atom stereocenters. The maximum Gasteiger partial charge on any atom is 0.0992 e. The molecule has 0 saturated carbocycles. The topological polar surface area (TPSA) is 59.3 Å². The van der Waals surface area contributed by atoms with Gasteiger partial charge in [0.1, 0.15) is 0 Å². The third-order valence-corrected chi connectivity index (χ3v) is 3.61. The number of halogens is 1. The number of rotatable bonds is 5. The van der Waals surface area contributed by atoms with Crippen molar-refractivity contribution >= 4 is 17.3 Å². The fourth-order valence-electron chi connectivity index (χ4n) is 2.28. The summed E-state index contributed by atoms with van der Waals surface area (Å²) in [6, 6.07) is 7.14. The Morgan fingerprint density at radius 1 is 1.42 bits per heavy atom. The summed E-state index contributed by atoms with van der Waals surface area (Å²) in [5, 5.41) is 22.3. The van der Waals surface area contributed by atoms with E-state index in [0.717, 1.165) is 18.8 Å². The van der Waals surface area contributed by atoms with Crippen LogP contribution < -0.4 is 5.32 Å². The number of benzene rings is 1. The highest BCUT2D eigenvalue weighted by atomic mass is 35.5. The second kappa shape index (κ2) is 6.76. The van der Waals surface area contributed by atoms with E-state index >= 15 is 0 Å². The Balaban J connectivity index is 1.82. The first kappa shape index (κ1) is 14.1. The zero-order valence-electron chi connectivity index (χ0n) is 10.8. The molecule has 1 aliphatic heterocycles. The number of likely N-dealkylation sites (tertiary alicyclic amines) is 1. The molecule has 0 bridgehead atoms. The molecule has 0 radical (unpaired) electrons. The minimum absolute atomic E-state index is 0.412. The maximum atomic E-state index is 9.96. The molecule has 0 amide bonds. The van der Waals surface area contributed by atoms with Crippen molar-refractivity contribution < 1.29 is 5.11 Å². The van der Waals surface area contributed by atoms with Crippen LogP contribution in [0.1, 0.15) is 18.4 Å². The molecule has 1 aliphatic rings. The van der Waals surface area contributed by atoms with Gasteiger partial charge in [0.2, 0.25) is 0 Å². The molecular weight excluding hydrogens is 262 g/mol. The van der Waals surface area contributed by atoms with Crippen molar-refractivity contribution in [3.05, 3.63) is 28.8 Å². The first-order chi connectivity index (χ1) is 9.19. The van der Waals surface area contributed by atoms with E-state index in [1.807, 2.05) is 6.07 Å². The molecule has 2 N–H and O–H groups in total. The number of aliphatic hydroxyl groups excluding tert-OH is 1. The average molecular weight is 280 g/mol. The van der Waals surface area contributed by atoms with Crippen LogP contribution in [-0.2, 0) is 0 Å². The average Bonchev–Trinajstić information content (AvgIpc) is 2.90. The van der Waals surface area contributed by atoms with Gasteiger partial charge in [-0.1, -0.05) is 11.6 Å². The van der Waals surface area contributed by atoms with Crippen LogP contribution in [0.15, 0.2) is 18.2 Å². The Kier molecular flexibility index (Phi) is 5.03. The van der Waals surface area contributed by atoms with Crippen molar-refractivity contribution in [3.63, 3.8) is 0 Å². The lowest BCUT2D eigenvalue weighted by molar-refractivity contribution is 0.135. The summed E-state index contributed by atoms with van der Waals surface area (Å²) >= 11 is 6.06. The Hall–Kier alpha value is -1.28. The van der Waals surface area contributed by atoms with Gasteiger partial charge in [-0.05, 0) is 44.1 Å². The van der Waals surface area contributed by atoms with Gasteiger partial charge < -0.3 is 15.3 Å². The van der Waals surface area contributed by atoms with Crippen LogP contribution in [0.4, 0.5) is 5.69 Å². The predicted molar refractivity (Wildman–Crippen MR) is 76.3 cm³/mol. The van der Waals surface area contributed by atoms with Crippen LogP contribution in [0.5, 0.6) is 0 Å². The number of hydrogen-bond acceptors (Lipinski definition) is 4. The number of nitrogens with zero attached hydrogens (tertiary/aromatic N) is 2. The van der Waals surface area contributed by atoms with E-state index in [2.05, 4.69) is 10.2 Å². The number of anilines is 1. The molecule has 2 rings (SSSR count). The van der Waals surface area contributed by atoms with Gasteiger partial charge in [-0.25, -0.2) is 0 Å². The molecule has 4 nitrogen and oxygen atoms in total. The van der Waals surface area contributed by atoms with Gasteiger partial charge in [-0.3, -0.25) is 0 Å². The molecular formula is C14H18ClN3O. The molecule has 0 spiro atoms. The monoisotopic (exact) mass is 279 g/mol. The quantitative estimate of drug-likeness (QED) is 0.866. The smallest absolute Gasteiger partial charge is 0.0992 e. The molecule has 1 unspecified atom stereocenters. The van der Waals surface area contributed by atoms with Crippen LogP contribution in [0.3, 0.4) is 0 Å². The molecule has 0 aliphatic carbocycles. The first-order valence-corrected chi connectivity index (χ1v) is 6.91. The van der Waals surface area contributed by atoms with Gasteiger partial charge in [0.25, 0.3) is 0 Å². The summed E-state index contributed by atoms with van der Waals surface area (Å²) in [5.74, 6) is 0. The zero-order chi connectivity index (χ0) is 13.7. The van der Waals surface area contributed by atoms with Crippen molar-refractivity contribution in [1.29, 1.82) is 5.26 Å². The Morgan fingerprint density at radius 3 is 2.79 bits per heavy atom.